The van der Waals surface area contributed by atoms with Crippen LogP contribution in [0.25, 0.3) is 0 Å². The van der Waals surface area contributed by atoms with Gasteiger partial charge < -0.3 is 13.9 Å². The van der Waals surface area contributed by atoms with Gasteiger partial charge in [-0.3, -0.25) is 0 Å². The van der Waals surface area contributed by atoms with Gasteiger partial charge in [-0.25, -0.2) is 0 Å². The van der Waals surface area contributed by atoms with Gasteiger partial charge in [-0.15, -0.1) is 0 Å². The Kier molecular flexibility index (Phi) is 5.31. The minimum atomic E-state index is -2.09. The van der Waals surface area contributed by atoms with Gasteiger partial charge in [-0.05, 0) is 18.1 Å². The van der Waals surface area contributed by atoms with Gasteiger partial charge in [0, 0.05) is 6.07 Å². The van der Waals surface area contributed by atoms with Crippen LogP contribution in [0, 0.1) is 11.3 Å². The highest BCUT2D eigenvalue weighted by molar-refractivity contribution is 6.74. The zero-order chi connectivity index (χ0) is 16.3. The first-order valence-electron chi connectivity index (χ1n) is 6.69. The van der Waals surface area contributed by atoms with Crippen molar-refractivity contribution < 1.29 is 13.9 Å². The summed E-state index contributed by atoms with van der Waals surface area (Å²) in [5, 5.41) is 9.44. The van der Waals surface area contributed by atoms with Crippen LogP contribution in [0.2, 0.25) is 18.1 Å². The van der Waals surface area contributed by atoms with Crippen LogP contribution in [-0.2, 0) is 4.43 Å². The van der Waals surface area contributed by atoms with E-state index in [0.717, 1.165) is 0 Å². The fraction of sp³-hybridized carbons (Fsp3) is 0.643. The monoisotopic (exact) mass is 309 g/mol. The third kappa shape index (κ3) is 4.16. The van der Waals surface area contributed by atoms with E-state index in [4.69, 9.17) is 13.9 Å². The average molecular weight is 309 g/mol. The second-order valence-electron chi connectivity index (χ2n) is 6.21. The number of aromatic nitrogens is 2. The molecule has 21 heavy (non-hydrogen) atoms. The van der Waals surface area contributed by atoms with Crippen LogP contribution in [0.4, 0.5) is 0 Å². The van der Waals surface area contributed by atoms with E-state index in [1.165, 1.54) is 14.2 Å². The molecule has 1 heterocycles. The molecule has 0 amide bonds. The molecule has 0 aliphatic heterocycles. The zero-order valence-electron chi connectivity index (χ0n) is 13.7. The normalized spacial score (nSPS) is 13.4. The highest BCUT2D eigenvalue weighted by Crippen LogP contribution is 2.39. The van der Waals surface area contributed by atoms with E-state index >= 15 is 0 Å². The lowest BCUT2D eigenvalue weighted by molar-refractivity contribution is 0.228. The Bertz CT molecular complexity index is 513. The van der Waals surface area contributed by atoms with Crippen LogP contribution >= 0.6 is 0 Å². The third-order valence-corrected chi connectivity index (χ3v) is 8.14. The molecular weight excluding hydrogens is 286 g/mol. The van der Waals surface area contributed by atoms with Gasteiger partial charge in [0.1, 0.15) is 0 Å². The summed E-state index contributed by atoms with van der Waals surface area (Å²) in [5.41, 5.74) is 0.450. The molecular formula is C14H23N3O3Si. The van der Waals surface area contributed by atoms with Gasteiger partial charge in [-0.1, -0.05) is 20.8 Å². The molecule has 0 aromatic carbocycles. The molecule has 1 atom stereocenters. The molecule has 116 valence electrons. The topological polar surface area (TPSA) is 77.3 Å². The van der Waals surface area contributed by atoms with Crippen LogP contribution in [0.1, 0.15) is 32.6 Å². The largest absolute Gasteiger partial charge is 0.481 e. The SMILES string of the molecule is COc1cc(C(C#N)O[Si](C)(C)C(C)(C)C)nc(OC)n1. The molecule has 1 aromatic rings. The number of ether oxygens (including phenoxy) is 2. The standard InChI is InChI=1S/C14H23N3O3Si/c1-14(2,3)21(6,7)20-11(9-15)10-8-12(18-4)17-13(16-10)19-5/h8,11H,1-7H3. The predicted octanol–water partition coefficient (Wildman–Crippen LogP) is 3.08. The first kappa shape index (κ1) is 17.4. The molecule has 6 nitrogen and oxygen atoms in total. The van der Waals surface area contributed by atoms with Crippen molar-refractivity contribution in [2.75, 3.05) is 14.2 Å². The number of hydrogen-bond donors (Lipinski definition) is 0. The molecule has 0 N–H and O–H groups in total. The molecule has 0 saturated heterocycles. The highest BCUT2D eigenvalue weighted by Gasteiger charge is 2.40. The van der Waals surface area contributed by atoms with Gasteiger partial charge in [0.05, 0.1) is 26.0 Å². The van der Waals surface area contributed by atoms with Gasteiger partial charge in [0.15, 0.2) is 14.4 Å². The van der Waals surface area contributed by atoms with E-state index in [-0.39, 0.29) is 11.0 Å². The van der Waals surface area contributed by atoms with Crippen LogP contribution in [0.3, 0.4) is 0 Å². The van der Waals surface area contributed by atoms with Crippen LogP contribution < -0.4 is 9.47 Å². The van der Waals surface area contributed by atoms with Crippen molar-refractivity contribution in [1.29, 1.82) is 5.26 Å². The summed E-state index contributed by atoms with van der Waals surface area (Å²) in [6, 6.07) is 3.92. The smallest absolute Gasteiger partial charge is 0.319 e. The third-order valence-electron chi connectivity index (χ3n) is 3.70. The molecule has 1 rings (SSSR count). The number of nitriles is 1. The molecule has 0 aliphatic rings. The molecule has 0 aliphatic carbocycles. The maximum atomic E-state index is 9.44. The van der Waals surface area contributed by atoms with Gasteiger partial charge >= 0.3 is 6.01 Å². The lowest BCUT2D eigenvalue weighted by Crippen LogP contribution is -2.41. The fourth-order valence-electron chi connectivity index (χ4n) is 1.38. The Balaban J connectivity index is 3.14. The van der Waals surface area contributed by atoms with Gasteiger partial charge in [-0.2, -0.15) is 15.2 Å². The summed E-state index contributed by atoms with van der Waals surface area (Å²) < 4.78 is 16.3. The van der Waals surface area contributed by atoms with Crippen LogP contribution in [0.15, 0.2) is 6.07 Å². The molecule has 0 saturated carbocycles. The minimum absolute atomic E-state index is 0.00328. The Morgan fingerprint density at radius 3 is 2.24 bits per heavy atom. The summed E-state index contributed by atoms with van der Waals surface area (Å²) in [4.78, 5) is 8.22. The Morgan fingerprint density at radius 2 is 1.81 bits per heavy atom. The van der Waals surface area contributed by atoms with Crippen molar-refractivity contribution in [3.8, 4) is 18.0 Å². The Morgan fingerprint density at radius 1 is 1.19 bits per heavy atom. The number of rotatable bonds is 5. The lowest BCUT2D eigenvalue weighted by atomic mass is 10.2. The van der Waals surface area contributed by atoms with E-state index in [1.807, 2.05) is 0 Å². The summed E-state index contributed by atoms with van der Waals surface area (Å²) in [5.74, 6) is 0.343. The molecule has 0 spiro atoms. The van der Waals surface area contributed by atoms with Crippen molar-refractivity contribution in [2.45, 2.75) is 45.0 Å². The Labute approximate surface area is 127 Å². The number of hydrogen-bond acceptors (Lipinski definition) is 6. The van der Waals surface area contributed by atoms with Crippen molar-refractivity contribution in [3.63, 3.8) is 0 Å². The summed E-state index contributed by atoms with van der Waals surface area (Å²) in [6.07, 6.45) is -0.767. The van der Waals surface area contributed by atoms with Crippen LogP contribution in [0.5, 0.6) is 11.9 Å². The molecule has 0 radical (unpaired) electrons. The second kappa shape index (κ2) is 6.41. The van der Waals surface area contributed by atoms with Crippen molar-refractivity contribution in [2.24, 2.45) is 0 Å². The van der Waals surface area contributed by atoms with E-state index in [2.05, 4.69) is 49.9 Å². The first-order valence-corrected chi connectivity index (χ1v) is 9.60. The summed E-state index contributed by atoms with van der Waals surface area (Å²) in [7, 11) is 0.877. The van der Waals surface area contributed by atoms with Crippen LogP contribution in [-0.4, -0.2) is 32.5 Å². The molecule has 0 fully saturated rings. The van der Waals surface area contributed by atoms with Gasteiger partial charge in [0.2, 0.25) is 5.88 Å². The zero-order valence-corrected chi connectivity index (χ0v) is 14.7. The lowest BCUT2D eigenvalue weighted by Gasteiger charge is -2.37. The van der Waals surface area contributed by atoms with Crippen molar-refractivity contribution in [3.05, 3.63) is 11.8 Å². The van der Waals surface area contributed by atoms with E-state index in [9.17, 15) is 5.26 Å². The fourth-order valence-corrected chi connectivity index (χ4v) is 2.49. The van der Waals surface area contributed by atoms with E-state index < -0.39 is 14.4 Å². The maximum Gasteiger partial charge on any atom is 0.319 e. The second-order valence-corrected chi connectivity index (χ2v) is 11.0. The average Bonchev–Trinajstić information content (AvgIpc) is 2.42. The van der Waals surface area contributed by atoms with E-state index in [1.54, 1.807) is 6.07 Å². The summed E-state index contributed by atoms with van der Waals surface area (Å²) >= 11 is 0. The minimum Gasteiger partial charge on any atom is -0.481 e. The first-order chi connectivity index (χ1) is 9.64. The molecule has 0 bridgehead atoms. The maximum absolute atomic E-state index is 9.44. The predicted molar refractivity (Wildman–Crippen MR) is 81.8 cm³/mol. The number of methoxy groups -OCH3 is 2. The summed E-state index contributed by atoms with van der Waals surface area (Å²) in [6.45, 7) is 10.5. The molecule has 1 unspecified atom stereocenters. The molecule has 1 aromatic heterocycles. The van der Waals surface area contributed by atoms with Crippen molar-refractivity contribution >= 4 is 8.32 Å². The Hall–Kier alpha value is -1.65. The highest BCUT2D eigenvalue weighted by atomic mass is 28.4. The van der Waals surface area contributed by atoms with Gasteiger partial charge in [0.25, 0.3) is 0 Å². The molecule has 7 heteroatoms. The van der Waals surface area contributed by atoms with Crippen molar-refractivity contribution in [1.82, 2.24) is 9.97 Å². The number of nitrogens with zero attached hydrogens (tertiary/aromatic N) is 3. The van der Waals surface area contributed by atoms with E-state index in [0.29, 0.717) is 11.6 Å². The quantitative estimate of drug-likeness (QED) is 0.778.